The lowest BCUT2D eigenvalue weighted by atomic mass is 10.3. The maximum atomic E-state index is 10.7. The van der Waals surface area contributed by atoms with Crippen molar-refractivity contribution in [3.63, 3.8) is 0 Å². The molecule has 0 aromatic rings. The van der Waals surface area contributed by atoms with Crippen LogP contribution in [0.3, 0.4) is 0 Å². The molecule has 0 aromatic heterocycles. The molecule has 60 valence electrons. The van der Waals surface area contributed by atoms with Gasteiger partial charge in [-0.2, -0.15) is 0 Å². The van der Waals surface area contributed by atoms with Gasteiger partial charge in [-0.1, -0.05) is 17.2 Å². The van der Waals surface area contributed by atoms with Gasteiger partial charge >= 0.3 is 0 Å². The molecule has 0 spiro atoms. The Bertz CT molecular complexity index is 189. The third kappa shape index (κ3) is 5.61. The predicted octanol–water partition coefficient (Wildman–Crippen LogP) is 4.19. The second kappa shape index (κ2) is 4.01. The molecule has 0 atom stereocenters. The molecule has 5 heteroatoms. The maximum Gasteiger partial charge on any atom is 0.258 e. The highest BCUT2D eigenvalue weighted by molar-refractivity contribution is 8.08. The fourth-order valence-electron chi connectivity index (χ4n) is 0.320. The minimum atomic E-state index is -3.02. The summed E-state index contributed by atoms with van der Waals surface area (Å²) in [4.78, 5) is 0. The van der Waals surface area contributed by atoms with Crippen LogP contribution in [0.5, 0.6) is 0 Å². The largest absolute Gasteiger partial charge is 0.289 e. The Morgan fingerprint density at radius 2 is 1.80 bits per heavy atom. The Labute approximate surface area is 75.3 Å². The Hall–Kier alpha value is 0.840. The zero-order valence-corrected chi connectivity index (χ0v) is 8.86. The Morgan fingerprint density at radius 3 is 1.90 bits per heavy atom. The summed E-state index contributed by atoms with van der Waals surface area (Å²) >= 11 is 16.2. The number of hydrogen-bond donors (Lipinski definition) is 0. The van der Waals surface area contributed by atoms with Crippen LogP contribution in [0, 0.1) is 0 Å². The van der Waals surface area contributed by atoms with E-state index in [2.05, 4.69) is 0 Å². The van der Waals surface area contributed by atoms with Gasteiger partial charge in [0, 0.05) is 5.03 Å². The van der Waals surface area contributed by atoms with Gasteiger partial charge in [-0.3, -0.25) is 4.57 Å². The SMILES string of the molecule is CC(C)=C(Cl)CP(=O)(Cl)Cl. The van der Waals surface area contributed by atoms with E-state index in [1.54, 1.807) is 0 Å². The molecular weight excluding hydrogens is 213 g/mol. The van der Waals surface area contributed by atoms with E-state index in [-0.39, 0.29) is 6.16 Å². The Morgan fingerprint density at radius 1 is 1.40 bits per heavy atom. The van der Waals surface area contributed by atoms with Crippen molar-refractivity contribution in [2.24, 2.45) is 0 Å². The molecule has 0 radical (unpaired) electrons. The quantitative estimate of drug-likeness (QED) is 0.639. The third-order valence-electron chi connectivity index (χ3n) is 0.865. The van der Waals surface area contributed by atoms with Crippen LogP contribution in [-0.4, -0.2) is 6.16 Å². The lowest BCUT2D eigenvalue weighted by Gasteiger charge is -2.01. The second-order valence-corrected chi connectivity index (χ2v) is 7.84. The topological polar surface area (TPSA) is 17.1 Å². The summed E-state index contributed by atoms with van der Waals surface area (Å²) in [7, 11) is 0. The molecule has 0 saturated carbocycles. The average Bonchev–Trinajstić information content (AvgIpc) is 1.60. The lowest BCUT2D eigenvalue weighted by molar-refractivity contribution is 0.594. The molecule has 0 N–H and O–H groups in total. The number of hydrogen-bond acceptors (Lipinski definition) is 1. The monoisotopic (exact) mass is 220 g/mol. The van der Waals surface area contributed by atoms with Crippen LogP contribution < -0.4 is 0 Å². The summed E-state index contributed by atoms with van der Waals surface area (Å²) in [6, 6.07) is 0. The minimum Gasteiger partial charge on any atom is -0.289 e. The summed E-state index contributed by atoms with van der Waals surface area (Å²) < 4.78 is 10.7. The van der Waals surface area contributed by atoms with E-state index in [0.717, 1.165) is 5.57 Å². The van der Waals surface area contributed by atoms with Crippen LogP contribution >= 0.6 is 39.9 Å². The van der Waals surface area contributed by atoms with Crippen LogP contribution in [0.15, 0.2) is 10.6 Å². The average molecular weight is 221 g/mol. The van der Waals surface area contributed by atoms with Crippen molar-refractivity contribution in [3.8, 4) is 0 Å². The highest BCUT2D eigenvalue weighted by Crippen LogP contribution is 2.58. The molecule has 0 aliphatic carbocycles. The molecule has 1 nitrogen and oxygen atoms in total. The van der Waals surface area contributed by atoms with Crippen LogP contribution in [0.25, 0.3) is 0 Å². The zero-order valence-electron chi connectivity index (χ0n) is 5.70. The normalized spacial score (nSPS) is 11.3. The highest BCUT2D eigenvalue weighted by Gasteiger charge is 2.15. The van der Waals surface area contributed by atoms with E-state index in [0.29, 0.717) is 5.03 Å². The van der Waals surface area contributed by atoms with Crippen molar-refractivity contribution in [1.29, 1.82) is 0 Å². The summed E-state index contributed by atoms with van der Waals surface area (Å²) in [5, 5.41) is 0.480. The fraction of sp³-hybridized carbons (Fsp3) is 0.600. The van der Waals surface area contributed by atoms with E-state index in [4.69, 9.17) is 34.1 Å². The van der Waals surface area contributed by atoms with Gasteiger partial charge in [-0.25, -0.2) is 0 Å². The van der Waals surface area contributed by atoms with E-state index in [1.807, 2.05) is 13.8 Å². The minimum absolute atomic E-state index is 0.0694. The summed E-state index contributed by atoms with van der Waals surface area (Å²) in [6.45, 7) is 3.62. The molecule has 0 unspecified atom stereocenters. The highest BCUT2D eigenvalue weighted by atomic mass is 35.9. The second-order valence-electron chi connectivity index (χ2n) is 2.13. The first-order valence-corrected chi connectivity index (χ1v) is 6.71. The van der Waals surface area contributed by atoms with Crippen molar-refractivity contribution < 1.29 is 4.57 Å². The van der Waals surface area contributed by atoms with Crippen molar-refractivity contribution in [2.75, 3.05) is 6.16 Å². The summed E-state index contributed by atoms with van der Waals surface area (Å²) in [5.41, 5.74) is 0.892. The van der Waals surface area contributed by atoms with E-state index < -0.39 is 5.85 Å². The van der Waals surface area contributed by atoms with Gasteiger partial charge in [0.15, 0.2) is 0 Å². The molecule has 0 saturated heterocycles. The van der Waals surface area contributed by atoms with E-state index in [9.17, 15) is 4.57 Å². The van der Waals surface area contributed by atoms with Crippen LogP contribution in [0.2, 0.25) is 0 Å². The van der Waals surface area contributed by atoms with Crippen molar-refractivity contribution in [1.82, 2.24) is 0 Å². The van der Waals surface area contributed by atoms with Gasteiger partial charge in [0.2, 0.25) is 0 Å². The molecule has 0 aliphatic rings. The number of halogens is 3. The molecule has 10 heavy (non-hydrogen) atoms. The summed E-state index contributed by atoms with van der Waals surface area (Å²) in [6.07, 6.45) is 0.0694. The molecule has 0 aromatic carbocycles. The first-order valence-electron chi connectivity index (χ1n) is 2.63. The molecule has 0 bridgehead atoms. The number of rotatable bonds is 2. The van der Waals surface area contributed by atoms with Crippen molar-refractivity contribution >= 4 is 39.9 Å². The number of allylic oxidation sites excluding steroid dienone is 2. The van der Waals surface area contributed by atoms with Crippen LogP contribution in [-0.2, 0) is 4.57 Å². The van der Waals surface area contributed by atoms with Gasteiger partial charge in [-0.15, -0.1) is 0 Å². The molecule has 0 aliphatic heterocycles. The molecule has 0 heterocycles. The van der Waals surface area contributed by atoms with Gasteiger partial charge in [-0.05, 0) is 36.3 Å². The van der Waals surface area contributed by atoms with Gasteiger partial charge in [0.05, 0.1) is 6.16 Å². The summed E-state index contributed by atoms with van der Waals surface area (Å²) in [5.74, 6) is -3.02. The fourth-order valence-corrected chi connectivity index (χ4v) is 2.55. The first-order chi connectivity index (χ1) is 4.33. The lowest BCUT2D eigenvalue weighted by Crippen LogP contribution is -1.81. The predicted molar refractivity (Wildman–Crippen MR) is 48.4 cm³/mol. The zero-order chi connectivity index (χ0) is 8.36. The van der Waals surface area contributed by atoms with Crippen molar-refractivity contribution in [2.45, 2.75) is 13.8 Å². The molecular formula is C5H8Cl3OP. The van der Waals surface area contributed by atoms with Crippen molar-refractivity contribution in [3.05, 3.63) is 10.6 Å². The smallest absolute Gasteiger partial charge is 0.258 e. The molecule has 0 rings (SSSR count). The van der Waals surface area contributed by atoms with Crippen LogP contribution in [0.4, 0.5) is 0 Å². The maximum absolute atomic E-state index is 10.7. The molecule has 0 fully saturated rings. The first kappa shape index (κ1) is 10.8. The molecule has 0 amide bonds. The van der Waals surface area contributed by atoms with Crippen LogP contribution in [0.1, 0.15) is 13.8 Å². The Balaban J connectivity index is 4.20. The standard InChI is InChI=1S/C5H8Cl3OP/c1-4(2)5(6)3-10(7,8)9/h3H2,1-2H3. The van der Waals surface area contributed by atoms with E-state index in [1.165, 1.54) is 0 Å². The van der Waals surface area contributed by atoms with Gasteiger partial charge in [0.25, 0.3) is 5.85 Å². The Kier molecular flexibility index (Phi) is 4.35. The third-order valence-corrected chi connectivity index (χ3v) is 2.96. The van der Waals surface area contributed by atoms with Gasteiger partial charge < -0.3 is 0 Å². The van der Waals surface area contributed by atoms with E-state index >= 15 is 0 Å². The van der Waals surface area contributed by atoms with Gasteiger partial charge in [0.1, 0.15) is 0 Å².